The van der Waals surface area contributed by atoms with Crippen LogP contribution in [0.2, 0.25) is 0 Å². The van der Waals surface area contributed by atoms with Crippen molar-refractivity contribution in [3.63, 3.8) is 0 Å². The summed E-state index contributed by atoms with van der Waals surface area (Å²) in [6.07, 6.45) is -3.19. The third-order valence-corrected chi connectivity index (χ3v) is 4.82. The molecule has 156 valence electrons. The Labute approximate surface area is 165 Å². The van der Waals surface area contributed by atoms with Gasteiger partial charge < -0.3 is 20.5 Å². The average molecular weight is 410 g/mol. The molecule has 1 aliphatic heterocycles. The van der Waals surface area contributed by atoms with Crippen molar-refractivity contribution in [1.82, 2.24) is 15.5 Å². The first-order valence-corrected chi connectivity index (χ1v) is 9.01. The first-order valence-electron chi connectivity index (χ1n) is 9.01. The van der Waals surface area contributed by atoms with Crippen molar-refractivity contribution < 1.29 is 27.8 Å². The monoisotopic (exact) mass is 410 g/mol. The fraction of sp³-hybridized carbons (Fsp3) is 0.421. The van der Waals surface area contributed by atoms with Gasteiger partial charge in [0.05, 0.1) is 18.4 Å². The molecule has 2 heterocycles. The van der Waals surface area contributed by atoms with Crippen molar-refractivity contribution in [1.29, 1.82) is 0 Å². The number of phenols is 1. The number of piperidine rings is 1. The quantitative estimate of drug-likeness (QED) is 0.667. The number of aromatic hydroxyl groups is 1. The molecule has 10 heteroatoms. The smallest absolute Gasteiger partial charge is 0.416 e. The molecular formula is C19H21F3N4O3. The van der Waals surface area contributed by atoms with E-state index in [-0.39, 0.29) is 23.6 Å². The number of esters is 1. The predicted octanol–water partition coefficient (Wildman–Crippen LogP) is 2.88. The number of nitrogens with one attached hydrogen (secondary N) is 2. The predicted molar refractivity (Wildman–Crippen MR) is 99.3 cm³/mol. The maximum absolute atomic E-state index is 12.8. The Balaban J connectivity index is 1.71. The van der Waals surface area contributed by atoms with Crippen molar-refractivity contribution in [2.45, 2.75) is 38.0 Å². The van der Waals surface area contributed by atoms with Gasteiger partial charge in [0.25, 0.3) is 0 Å². The van der Waals surface area contributed by atoms with Crippen molar-refractivity contribution in [2.24, 2.45) is 0 Å². The lowest BCUT2D eigenvalue weighted by atomic mass is 10.0. The minimum atomic E-state index is -4.54. The Morgan fingerprint density at radius 3 is 2.59 bits per heavy atom. The fourth-order valence-electron chi connectivity index (χ4n) is 3.26. The molecule has 29 heavy (non-hydrogen) atoms. The van der Waals surface area contributed by atoms with Crippen molar-refractivity contribution in [3.8, 4) is 17.0 Å². The van der Waals surface area contributed by atoms with E-state index in [2.05, 4.69) is 20.8 Å². The van der Waals surface area contributed by atoms with E-state index in [0.29, 0.717) is 36.1 Å². The number of rotatable bonds is 4. The summed E-state index contributed by atoms with van der Waals surface area (Å²) in [6, 6.07) is 4.18. The van der Waals surface area contributed by atoms with Crippen LogP contribution < -0.4 is 10.6 Å². The first-order chi connectivity index (χ1) is 13.7. The second kappa shape index (κ2) is 8.24. The number of methoxy groups -OCH3 is 1. The zero-order chi connectivity index (χ0) is 21.2. The highest BCUT2D eigenvalue weighted by Gasteiger charge is 2.31. The number of halogens is 3. The van der Waals surface area contributed by atoms with E-state index >= 15 is 0 Å². The Morgan fingerprint density at radius 1 is 1.28 bits per heavy atom. The summed E-state index contributed by atoms with van der Waals surface area (Å²) in [5.74, 6) is -0.302. The lowest BCUT2D eigenvalue weighted by Gasteiger charge is -2.29. The molecule has 0 aliphatic carbocycles. The summed E-state index contributed by atoms with van der Waals surface area (Å²) < 4.78 is 43.0. The summed E-state index contributed by atoms with van der Waals surface area (Å²) in [6.45, 7) is 2.28. The topological polar surface area (TPSA) is 96.4 Å². The second-order valence-corrected chi connectivity index (χ2v) is 6.89. The fourth-order valence-corrected chi connectivity index (χ4v) is 3.26. The second-order valence-electron chi connectivity index (χ2n) is 6.89. The lowest BCUT2D eigenvalue weighted by Crippen LogP contribution is -2.48. The third kappa shape index (κ3) is 4.76. The molecule has 1 fully saturated rings. The molecule has 0 radical (unpaired) electrons. The Hall–Kier alpha value is -2.88. The molecule has 3 N–H and O–H groups in total. The number of anilines is 1. The van der Waals surface area contributed by atoms with Gasteiger partial charge in [-0.1, -0.05) is 0 Å². The van der Waals surface area contributed by atoms with Gasteiger partial charge in [-0.05, 0) is 49.6 Å². The minimum Gasteiger partial charge on any atom is -0.507 e. The molecule has 3 rings (SSSR count). The van der Waals surface area contributed by atoms with Crippen molar-refractivity contribution in [3.05, 3.63) is 35.4 Å². The van der Waals surface area contributed by atoms with Gasteiger partial charge in [0.1, 0.15) is 17.6 Å². The van der Waals surface area contributed by atoms with E-state index in [1.807, 2.05) is 0 Å². The molecule has 2 aromatic rings. The van der Waals surface area contributed by atoms with E-state index < -0.39 is 17.5 Å². The van der Waals surface area contributed by atoms with Crippen LogP contribution in [-0.2, 0) is 15.7 Å². The Kier molecular flexibility index (Phi) is 5.92. The van der Waals surface area contributed by atoms with E-state index in [4.69, 9.17) is 4.74 Å². The number of aryl methyl sites for hydroxylation is 1. The largest absolute Gasteiger partial charge is 0.507 e. The molecular weight excluding hydrogens is 389 g/mol. The number of hydrogen-bond donors (Lipinski definition) is 3. The average Bonchev–Trinajstić information content (AvgIpc) is 2.68. The summed E-state index contributed by atoms with van der Waals surface area (Å²) in [5.41, 5.74) is 0.190. The van der Waals surface area contributed by atoms with Crippen LogP contribution in [0.25, 0.3) is 11.3 Å². The molecule has 1 aromatic carbocycles. The molecule has 0 spiro atoms. The standard InChI is InChI=1S/C19H21F3N4O3/c1-10-7-16(24-12-4-6-14(23-9-12)18(28)29-2)25-26-17(10)13-5-3-11(8-15(13)27)19(20,21)22/h3,5,7-8,12,14,23,27H,4,6,9H2,1-2H3,(H,24,25)/t12-,14+/m1/s1. The van der Waals surface area contributed by atoms with Crippen LogP contribution in [0.3, 0.4) is 0 Å². The van der Waals surface area contributed by atoms with Crippen LogP contribution in [0, 0.1) is 6.92 Å². The van der Waals surface area contributed by atoms with Gasteiger partial charge in [-0.25, -0.2) is 0 Å². The maximum atomic E-state index is 12.8. The van der Waals surface area contributed by atoms with Crippen LogP contribution in [0.1, 0.15) is 24.0 Å². The number of aromatic nitrogens is 2. The number of phenolic OH excluding ortho intramolecular Hbond substituents is 1. The zero-order valence-corrected chi connectivity index (χ0v) is 15.9. The minimum absolute atomic E-state index is 0.0370. The van der Waals surface area contributed by atoms with E-state index in [0.717, 1.165) is 12.5 Å². The number of nitrogens with zero attached hydrogens (tertiary/aromatic N) is 2. The van der Waals surface area contributed by atoms with Gasteiger partial charge in [0.2, 0.25) is 0 Å². The van der Waals surface area contributed by atoms with Crippen molar-refractivity contribution in [2.75, 3.05) is 19.0 Å². The normalized spacial score (nSPS) is 19.6. The van der Waals surface area contributed by atoms with Gasteiger partial charge in [-0.2, -0.15) is 13.2 Å². The summed E-state index contributed by atoms with van der Waals surface area (Å²) in [7, 11) is 1.35. The number of benzene rings is 1. The number of ether oxygens (including phenoxy) is 1. The van der Waals surface area contributed by atoms with E-state index in [9.17, 15) is 23.1 Å². The SMILES string of the molecule is COC(=O)[C@@H]1CC[C@@H](Nc2cc(C)c(-c3ccc(C(F)(F)F)cc3O)nn2)CN1. The summed E-state index contributed by atoms with van der Waals surface area (Å²) in [5, 5.41) is 24.5. The Morgan fingerprint density at radius 2 is 2.03 bits per heavy atom. The number of alkyl halides is 3. The van der Waals surface area contributed by atoms with Crippen molar-refractivity contribution >= 4 is 11.8 Å². The van der Waals surface area contributed by atoms with Gasteiger partial charge in [0, 0.05) is 18.2 Å². The van der Waals surface area contributed by atoms with Crippen LogP contribution in [0.5, 0.6) is 5.75 Å². The zero-order valence-electron chi connectivity index (χ0n) is 15.9. The highest BCUT2D eigenvalue weighted by molar-refractivity contribution is 5.75. The third-order valence-electron chi connectivity index (χ3n) is 4.82. The van der Waals surface area contributed by atoms with Gasteiger partial charge in [-0.15, -0.1) is 10.2 Å². The van der Waals surface area contributed by atoms with Crippen LogP contribution >= 0.6 is 0 Å². The maximum Gasteiger partial charge on any atom is 0.416 e. The number of carbonyl (C=O) groups is 1. The van der Waals surface area contributed by atoms with E-state index in [1.54, 1.807) is 13.0 Å². The molecule has 1 aromatic heterocycles. The molecule has 0 amide bonds. The molecule has 1 aliphatic rings. The van der Waals surface area contributed by atoms with Gasteiger partial charge in [-0.3, -0.25) is 4.79 Å². The lowest BCUT2D eigenvalue weighted by molar-refractivity contribution is -0.143. The molecule has 0 bridgehead atoms. The summed E-state index contributed by atoms with van der Waals surface area (Å²) >= 11 is 0. The number of hydrogen-bond acceptors (Lipinski definition) is 7. The van der Waals surface area contributed by atoms with Crippen LogP contribution in [-0.4, -0.2) is 47.0 Å². The number of carbonyl (C=O) groups excluding carboxylic acids is 1. The van der Waals surface area contributed by atoms with Crippen LogP contribution in [0.15, 0.2) is 24.3 Å². The van der Waals surface area contributed by atoms with E-state index in [1.165, 1.54) is 13.2 Å². The highest BCUT2D eigenvalue weighted by Crippen LogP contribution is 2.36. The highest BCUT2D eigenvalue weighted by atomic mass is 19.4. The summed E-state index contributed by atoms with van der Waals surface area (Å²) in [4.78, 5) is 11.5. The molecule has 0 unspecified atom stereocenters. The van der Waals surface area contributed by atoms with Crippen LogP contribution in [0.4, 0.5) is 19.0 Å². The molecule has 7 nitrogen and oxygen atoms in total. The van der Waals surface area contributed by atoms with Gasteiger partial charge >= 0.3 is 12.1 Å². The molecule has 1 saturated heterocycles. The first kappa shape index (κ1) is 20.8. The van der Waals surface area contributed by atoms with Gasteiger partial charge in [0.15, 0.2) is 0 Å². The Bertz CT molecular complexity index is 897. The molecule has 0 saturated carbocycles. The molecule has 2 atom stereocenters.